The number of amides is 2. The van der Waals surface area contributed by atoms with E-state index in [1.807, 2.05) is 32.9 Å². The third-order valence-electron chi connectivity index (χ3n) is 4.44. The van der Waals surface area contributed by atoms with Crippen LogP contribution < -0.4 is 15.4 Å². The summed E-state index contributed by atoms with van der Waals surface area (Å²) < 4.78 is 12.4. The fourth-order valence-electron chi connectivity index (χ4n) is 3.18. The van der Waals surface area contributed by atoms with Crippen molar-refractivity contribution in [2.45, 2.75) is 26.9 Å². The zero-order valence-corrected chi connectivity index (χ0v) is 17.4. The Balaban J connectivity index is 1.93. The Morgan fingerprint density at radius 1 is 1.20 bits per heavy atom. The first kappa shape index (κ1) is 21.0. The van der Waals surface area contributed by atoms with Gasteiger partial charge in [0.25, 0.3) is 0 Å². The molecule has 3 aromatic rings. The zero-order valence-electron chi connectivity index (χ0n) is 17.4. The van der Waals surface area contributed by atoms with Crippen LogP contribution in [0.3, 0.4) is 0 Å². The van der Waals surface area contributed by atoms with Crippen LogP contribution in [-0.4, -0.2) is 39.8 Å². The van der Waals surface area contributed by atoms with Crippen LogP contribution in [0, 0.1) is 24.2 Å². The van der Waals surface area contributed by atoms with Gasteiger partial charge in [-0.2, -0.15) is 10.4 Å². The molecule has 0 aliphatic rings. The van der Waals surface area contributed by atoms with Crippen LogP contribution in [0.1, 0.15) is 36.9 Å². The number of aryl methyl sites for hydroxylation is 1. The molecule has 0 aromatic carbocycles. The number of methoxy groups -OCH3 is 2. The van der Waals surface area contributed by atoms with Crippen molar-refractivity contribution in [1.29, 1.82) is 5.26 Å². The van der Waals surface area contributed by atoms with E-state index in [0.29, 0.717) is 22.7 Å². The Kier molecular flexibility index (Phi) is 6.13. The number of urea groups is 1. The van der Waals surface area contributed by atoms with Crippen LogP contribution in [0.25, 0.3) is 5.65 Å². The maximum atomic E-state index is 12.6. The molecule has 0 fully saturated rings. The largest absolute Gasteiger partial charge is 0.480 e. The number of nitrogens with zero attached hydrogens (tertiary/aromatic N) is 5. The molecule has 3 aromatic heterocycles. The lowest BCUT2D eigenvalue weighted by Gasteiger charge is -2.23. The number of carbonyl (C=O) groups is 1. The van der Waals surface area contributed by atoms with Crippen molar-refractivity contribution in [3.8, 4) is 11.9 Å². The van der Waals surface area contributed by atoms with E-state index < -0.39 is 6.03 Å². The van der Waals surface area contributed by atoms with Gasteiger partial charge in [-0.25, -0.2) is 19.3 Å². The molecule has 2 amide bonds. The average molecular weight is 409 g/mol. The molecule has 0 unspecified atom stereocenters. The lowest BCUT2D eigenvalue weighted by molar-refractivity contribution is 0.0600. The first-order valence-corrected chi connectivity index (χ1v) is 9.28. The summed E-state index contributed by atoms with van der Waals surface area (Å²) in [5, 5.41) is 19.2. The van der Waals surface area contributed by atoms with Crippen molar-refractivity contribution in [3.63, 3.8) is 0 Å². The van der Waals surface area contributed by atoms with Crippen molar-refractivity contribution in [3.05, 3.63) is 41.5 Å². The molecule has 0 saturated heterocycles. The van der Waals surface area contributed by atoms with Gasteiger partial charge >= 0.3 is 6.03 Å². The van der Waals surface area contributed by atoms with Crippen molar-refractivity contribution in [1.82, 2.24) is 19.6 Å². The van der Waals surface area contributed by atoms with Gasteiger partial charge in [-0.1, -0.05) is 13.8 Å². The van der Waals surface area contributed by atoms with E-state index in [1.165, 1.54) is 19.4 Å². The summed E-state index contributed by atoms with van der Waals surface area (Å²) in [5.74, 6) is 0.312. The second-order valence-electron chi connectivity index (χ2n) is 6.98. The molecule has 0 aliphatic heterocycles. The molecule has 0 radical (unpaired) electrons. The molecule has 2 N–H and O–H groups in total. The molecule has 156 valence electrons. The Morgan fingerprint density at radius 2 is 1.97 bits per heavy atom. The van der Waals surface area contributed by atoms with Gasteiger partial charge in [0, 0.05) is 13.2 Å². The molecule has 0 spiro atoms. The molecule has 3 rings (SSSR count). The standard InChI is InChI=1S/C20H23N7O3/c1-11(2)18(29-4)17-15(10-22-16-6-12(3)26-27(16)17)25-20(28)24-14-7-13(8-21)19(30-5)23-9-14/h6-7,9-11,18H,1-5H3,(H2,24,25,28)/t18-/m0/s1. The zero-order chi connectivity index (χ0) is 21.8. The molecule has 0 bridgehead atoms. The minimum Gasteiger partial charge on any atom is -0.480 e. The van der Waals surface area contributed by atoms with E-state index in [0.717, 1.165) is 5.69 Å². The van der Waals surface area contributed by atoms with E-state index in [-0.39, 0.29) is 23.5 Å². The lowest BCUT2D eigenvalue weighted by Crippen LogP contribution is -2.24. The Labute approximate surface area is 173 Å². The van der Waals surface area contributed by atoms with Crippen LogP contribution in [0.5, 0.6) is 5.88 Å². The maximum Gasteiger partial charge on any atom is 0.323 e. The van der Waals surface area contributed by atoms with Gasteiger partial charge in [0.2, 0.25) is 5.88 Å². The summed E-state index contributed by atoms with van der Waals surface area (Å²) in [4.78, 5) is 21.0. The minimum atomic E-state index is -0.518. The van der Waals surface area contributed by atoms with Crippen molar-refractivity contribution < 1.29 is 14.3 Å². The number of rotatable bonds is 6. The molecule has 0 saturated carbocycles. The predicted molar refractivity (Wildman–Crippen MR) is 110 cm³/mol. The van der Waals surface area contributed by atoms with Crippen LogP contribution in [0.2, 0.25) is 0 Å². The van der Waals surface area contributed by atoms with Crippen LogP contribution >= 0.6 is 0 Å². The SMILES string of the molecule is COc1ncc(NC(=O)Nc2cnc3cc(C)nn3c2[C@@H](OC)C(C)C)cc1C#N. The Bertz CT molecular complexity index is 1120. The first-order valence-electron chi connectivity index (χ1n) is 9.28. The fraction of sp³-hybridized carbons (Fsp3) is 0.350. The topological polar surface area (TPSA) is 126 Å². The number of nitrogens with one attached hydrogen (secondary N) is 2. The third kappa shape index (κ3) is 4.16. The number of pyridine rings is 1. The number of fused-ring (bicyclic) bond motifs is 1. The van der Waals surface area contributed by atoms with Gasteiger partial charge in [0.05, 0.1) is 42.3 Å². The second kappa shape index (κ2) is 8.75. The van der Waals surface area contributed by atoms with Gasteiger partial charge in [-0.3, -0.25) is 0 Å². The number of nitriles is 1. The van der Waals surface area contributed by atoms with Crippen LogP contribution in [0.4, 0.5) is 16.2 Å². The molecular formula is C20H23N7O3. The van der Waals surface area contributed by atoms with E-state index in [4.69, 9.17) is 9.47 Å². The molecule has 10 heteroatoms. The number of hydrogen-bond donors (Lipinski definition) is 2. The van der Waals surface area contributed by atoms with Gasteiger partial charge in [0.15, 0.2) is 5.65 Å². The highest BCUT2D eigenvalue weighted by molar-refractivity contribution is 6.00. The quantitative estimate of drug-likeness (QED) is 0.639. The number of carbonyl (C=O) groups excluding carboxylic acids is 1. The predicted octanol–water partition coefficient (Wildman–Crippen LogP) is 3.30. The van der Waals surface area contributed by atoms with Gasteiger partial charge in [-0.05, 0) is 18.9 Å². The summed E-state index contributed by atoms with van der Waals surface area (Å²) in [6, 6.07) is 4.80. The average Bonchev–Trinajstić information content (AvgIpc) is 3.09. The minimum absolute atomic E-state index is 0.123. The molecule has 30 heavy (non-hydrogen) atoms. The summed E-state index contributed by atoms with van der Waals surface area (Å²) in [7, 11) is 3.04. The monoisotopic (exact) mass is 409 g/mol. The molecule has 0 aliphatic carbocycles. The highest BCUT2D eigenvalue weighted by atomic mass is 16.5. The molecular weight excluding hydrogens is 386 g/mol. The number of anilines is 2. The smallest absolute Gasteiger partial charge is 0.323 e. The highest BCUT2D eigenvalue weighted by Crippen LogP contribution is 2.31. The summed E-state index contributed by atoms with van der Waals surface area (Å²) in [6.07, 6.45) is 2.66. The second-order valence-corrected chi connectivity index (χ2v) is 6.98. The Hall–Kier alpha value is -3.71. The normalized spacial score (nSPS) is 11.9. The Morgan fingerprint density at radius 3 is 2.60 bits per heavy atom. The third-order valence-corrected chi connectivity index (χ3v) is 4.44. The van der Waals surface area contributed by atoms with Gasteiger partial charge in [0.1, 0.15) is 17.7 Å². The first-order chi connectivity index (χ1) is 14.4. The lowest BCUT2D eigenvalue weighted by atomic mass is 10.0. The van der Waals surface area contributed by atoms with Crippen molar-refractivity contribution >= 4 is 23.1 Å². The molecule has 10 nitrogen and oxygen atoms in total. The number of hydrogen-bond acceptors (Lipinski definition) is 7. The fourth-order valence-corrected chi connectivity index (χ4v) is 3.18. The van der Waals surface area contributed by atoms with E-state index in [2.05, 4.69) is 25.7 Å². The molecule has 3 heterocycles. The van der Waals surface area contributed by atoms with E-state index in [1.54, 1.807) is 17.8 Å². The van der Waals surface area contributed by atoms with Gasteiger partial charge in [-0.15, -0.1) is 0 Å². The van der Waals surface area contributed by atoms with Gasteiger partial charge < -0.3 is 20.1 Å². The van der Waals surface area contributed by atoms with Crippen molar-refractivity contribution in [2.24, 2.45) is 5.92 Å². The summed E-state index contributed by atoms with van der Waals surface area (Å²) in [6.45, 7) is 5.92. The summed E-state index contributed by atoms with van der Waals surface area (Å²) in [5.41, 5.74) is 3.18. The highest BCUT2D eigenvalue weighted by Gasteiger charge is 2.24. The number of ether oxygens (including phenoxy) is 2. The van der Waals surface area contributed by atoms with Crippen molar-refractivity contribution in [2.75, 3.05) is 24.9 Å². The van der Waals surface area contributed by atoms with Crippen LogP contribution in [0.15, 0.2) is 24.5 Å². The van der Waals surface area contributed by atoms with E-state index >= 15 is 0 Å². The summed E-state index contributed by atoms with van der Waals surface area (Å²) >= 11 is 0. The maximum absolute atomic E-state index is 12.6. The number of aromatic nitrogens is 4. The van der Waals surface area contributed by atoms with E-state index in [9.17, 15) is 10.1 Å². The molecule has 1 atom stereocenters. The van der Waals surface area contributed by atoms with Crippen LogP contribution in [-0.2, 0) is 4.74 Å².